The molecule has 1 heterocycles. The van der Waals surface area contributed by atoms with Crippen LogP contribution in [0.25, 0.3) is 11.3 Å². The molecule has 0 radical (unpaired) electrons. The number of anilines is 1. The van der Waals surface area contributed by atoms with Crippen molar-refractivity contribution in [2.24, 2.45) is 0 Å². The lowest BCUT2D eigenvalue weighted by atomic mass is 10.1. The fourth-order valence-corrected chi connectivity index (χ4v) is 2.00. The van der Waals surface area contributed by atoms with Crippen molar-refractivity contribution in [3.63, 3.8) is 0 Å². The summed E-state index contributed by atoms with van der Waals surface area (Å²) in [4.78, 5) is 15.0. The number of carboxylic acid groups (broad SMARTS) is 1. The highest BCUT2D eigenvalue weighted by molar-refractivity contribution is 7.13. The van der Waals surface area contributed by atoms with Crippen LogP contribution in [0.5, 0.6) is 5.75 Å². The third-order valence-electron chi connectivity index (χ3n) is 2.34. The van der Waals surface area contributed by atoms with Crippen LogP contribution in [0.15, 0.2) is 29.6 Å². The Balaban J connectivity index is 2.34. The van der Waals surface area contributed by atoms with E-state index < -0.39 is 12.1 Å². The highest BCUT2D eigenvalue weighted by Crippen LogP contribution is 2.31. The molecule has 1 aromatic carbocycles. The van der Waals surface area contributed by atoms with E-state index in [2.05, 4.69) is 4.98 Å². The van der Waals surface area contributed by atoms with Gasteiger partial charge in [-0.15, -0.1) is 11.3 Å². The van der Waals surface area contributed by atoms with Gasteiger partial charge in [0.15, 0.2) is 11.2 Å². The monoisotopic (exact) mass is 264 g/mol. The molecule has 0 aliphatic carbocycles. The number of thiazole rings is 1. The first-order valence-corrected chi connectivity index (χ1v) is 6.15. The Labute approximate surface area is 108 Å². The second kappa shape index (κ2) is 5.05. The summed E-state index contributed by atoms with van der Waals surface area (Å²) in [5.41, 5.74) is 7.01. The lowest BCUT2D eigenvalue weighted by molar-refractivity contribution is -0.144. The molecule has 0 bridgehead atoms. The number of benzene rings is 1. The SMILES string of the molecule is CC(Oc1ccccc1-c1csc(N)n1)C(=O)O. The van der Waals surface area contributed by atoms with Crippen LogP contribution in [-0.4, -0.2) is 22.2 Å². The number of aliphatic carboxylic acids is 1. The Kier molecular flexibility index (Phi) is 3.47. The molecule has 0 spiro atoms. The minimum Gasteiger partial charge on any atom is -0.479 e. The van der Waals surface area contributed by atoms with Crippen LogP contribution in [0.4, 0.5) is 5.13 Å². The van der Waals surface area contributed by atoms with E-state index in [1.807, 2.05) is 17.5 Å². The van der Waals surface area contributed by atoms with Gasteiger partial charge in [-0.25, -0.2) is 9.78 Å². The Morgan fingerprint density at radius 1 is 1.50 bits per heavy atom. The van der Waals surface area contributed by atoms with E-state index in [4.69, 9.17) is 15.6 Å². The van der Waals surface area contributed by atoms with Gasteiger partial charge in [-0.05, 0) is 19.1 Å². The number of hydrogen-bond acceptors (Lipinski definition) is 5. The summed E-state index contributed by atoms with van der Waals surface area (Å²) in [6, 6.07) is 7.15. The van der Waals surface area contributed by atoms with Gasteiger partial charge in [0.25, 0.3) is 0 Å². The number of carbonyl (C=O) groups is 1. The van der Waals surface area contributed by atoms with E-state index in [0.717, 1.165) is 5.56 Å². The second-order valence-corrected chi connectivity index (χ2v) is 4.56. The summed E-state index contributed by atoms with van der Waals surface area (Å²) in [5, 5.41) is 11.1. The average Bonchev–Trinajstić information content (AvgIpc) is 2.76. The van der Waals surface area contributed by atoms with Gasteiger partial charge in [0, 0.05) is 10.9 Å². The molecule has 18 heavy (non-hydrogen) atoms. The Hall–Kier alpha value is -2.08. The summed E-state index contributed by atoms with van der Waals surface area (Å²) in [5.74, 6) is -0.528. The zero-order chi connectivity index (χ0) is 13.1. The molecule has 3 N–H and O–H groups in total. The van der Waals surface area contributed by atoms with Crippen molar-refractivity contribution in [1.29, 1.82) is 0 Å². The topological polar surface area (TPSA) is 85.4 Å². The molecular formula is C12H12N2O3S. The maximum atomic E-state index is 10.8. The molecule has 1 aromatic heterocycles. The Morgan fingerprint density at radius 2 is 2.22 bits per heavy atom. The van der Waals surface area contributed by atoms with Crippen molar-refractivity contribution < 1.29 is 14.6 Å². The summed E-state index contributed by atoms with van der Waals surface area (Å²) in [6.07, 6.45) is -0.915. The third kappa shape index (κ3) is 2.60. The number of nitrogens with two attached hydrogens (primary N) is 1. The van der Waals surface area contributed by atoms with Gasteiger partial charge in [0.05, 0.1) is 5.69 Å². The van der Waals surface area contributed by atoms with Crippen LogP contribution in [0, 0.1) is 0 Å². The van der Waals surface area contributed by atoms with Crippen molar-refractivity contribution in [1.82, 2.24) is 4.98 Å². The normalized spacial score (nSPS) is 12.1. The zero-order valence-corrected chi connectivity index (χ0v) is 10.5. The summed E-state index contributed by atoms with van der Waals surface area (Å²) in [7, 11) is 0. The number of rotatable bonds is 4. The molecular weight excluding hydrogens is 252 g/mol. The van der Waals surface area contributed by atoms with E-state index >= 15 is 0 Å². The third-order valence-corrected chi connectivity index (χ3v) is 3.01. The smallest absolute Gasteiger partial charge is 0.344 e. The molecule has 0 amide bonds. The summed E-state index contributed by atoms with van der Waals surface area (Å²) < 4.78 is 5.39. The number of nitrogens with zero attached hydrogens (tertiary/aromatic N) is 1. The predicted molar refractivity (Wildman–Crippen MR) is 69.7 cm³/mol. The molecule has 1 unspecified atom stereocenters. The standard InChI is InChI=1S/C12H12N2O3S/c1-7(11(15)16)17-10-5-3-2-4-8(10)9-6-18-12(13)14-9/h2-7H,1H3,(H2,13,14)(H,15,16). The van der Waals surface area contributed by atoms with Crippen LogP contribution in [0.1, 0.15) is 6.92 Å². The van der Waals surface area contributed by atoms with Crippen LogP contribution < -0.4 is 10.5 Å². The van der Waals surface area contributed by atoms with Crippen LogP contribution in [0.2, 0.25) is 0 Å². The van der Waals surface area contributed by atoms with Gasteiger partial charge < -0.3 is 15.6 Å². The van der Waals surface area contributed by atoms with Crippen molar-refractivity contribution in [2.75, 3.05) is 5.73 Å². The van der Waals surface area contributed by atoms with Crippen molar-refractivity contribution in [2.45, 2.75) is 13.0 Å². The molecule has 0 saturated heterocycles. The first-order valence-electron chi connectivity index (χ1n) is 5.28. The van der Waals surface area contributed by atoms with Gasteiger partial charge in [0.1, 0.15) is 5.75 Å². The molecule has 0 aliphatic heterocycles. The lowest BCUT2D eigenvalue weighted by Crippen LogP contribution is -2.23. The van der Waals surface area contributed by atoms with E-state index in [1.54, 1.807) is 12.1 Å². The fraction of sp³-hybridized carbons (Fsp3) is 0.167. The first kappa shape index (κ1) is 12.4. The minimum absolute atomic E-state index is 0.464. The van der Waals surface area contributed by atoms with E-state index in [1.165, 1.54) is 18.3 Å². The molecule has 5 nitrogen and oxygen atoms in total. The largest absolute Gasteiger partial charge is 0.479 e. The van der Waals surface area contributed by atoms with Crippen LogP contribution in [0.3, 0.4) is 0 Å². The number of carboxylic acids is 1. The van der Waals surface area contributed by atoms with Crippen molar-refractivity contribution >= 4 is 22.4 Å². The number of ether oxygens (including phenoxy) is 1. The number of hydrogen-bond donors (Lipinski definition) is 2. The van der Waals surface area contributed by atoms with Crippen LogP contribution >= 0.6 is 11.3 Å². The minimum atomic E-state index is -1.01. The highest BCUT2D eigenvalue weighted by atomic mass is 32.1. The van der Waals surface area contributed by atoms with Gasteiger partial charge >= 0.3 is 5.97 Å². The highest BCUT2D eigenvalue weighted by Gasteiger charge is 2.16. The zero-order valence-electron chi connectivity index (χ0n) is 9.66. The lowest BCUT2D eigenvalue weighted by Gasteiger charge is -2.13. The van der Waals surface area contributed by atoms with Gasteiger partial charge in [0.2, 0.25) is 0 Å². The van der Waals surface area contributed by atoms with E-state index in [-0.39, 0.29) is 0 Å². The second-order valence-electron chi connectivity index (χ2n) is 3.67. The van der Waals surface area contributed by atoms with Gasteiger partial charge in [-0.3, -0.25) is 0 Å². The fourth-order valence-electron chi connectivity index (χ4n) is 1.43. The van der Waals surface area contributed by atoms with E-state index in [0.29, 0.717) is 16.6 Å². The molecule has 2 rings (SSSR count). The van der Waals surface area contributed by atoms with Crippen molar-refractivity contribution in [3.05, 3.63) is 29.6 Å². The summed E-state index contributed by atoms with van der Waals surface area (Å²) >= 11 is 1.33. The number of para-hydroxylation sites is 1. The number of aromatic nitrogens is 1. The molecule has 0 saturated carbocycles. The van der Waals surface area contributed by atoms with Crippen LogP contribution in [-0.2, 0) is 4.79 Å². The average molecular weight is 264 g/mol. The maximum Gasteiger partial charge on any atom is 0.344 e. The predicted octanol–water partition coefficient (Wildman–Crippen LogP) is 2.24. The molecule has 0 fully saturated rings. The van der Waals surface area contributed by atoms with E-state index in [9.17, 15) is 4.79 Å². The van der Waals surface area contributed by atoms with Gasteiger partial charge in [-0.2, -0.15) is 0 Å². The first-order chi connectivity index (χ1) is 8.58. The molecule has 1 atom stereocenters. The molecule has 0 aliphatic rings. The quantitative estimate of drug-likeness (QED) is 0.884. The molecule has 94 valence electrons. The number of nitrogen functional groups attached to an aromatic ring is 1. The molecule has 2 aromatic rings. The molecule has 6 heteroatoms. The Bertz CT molecular complexity index is 568. The maximum absolute atomic E-state index is 10.8. The van der Waals surface area contributed by atoms with Gasteiger partial charge in [-0.1, -0.05) is 12.1 Å². The van der Waals surface area contributed by atoms with Crippen molar-refractivity contribution in [3.8, 4) is 17.0 Å². The summed E-state index contributed by atoms with van der Waals surface area (Å²) in [6.45, 7) is 1.48. The Morgan fingerprint density at radius 3 is 2.83 bits per heavy atom.